The number of carbonyl (C=O) groups excluding carboxylic acids is 1. The van der Waals surface area contributed by atoms with Gasteiger partial charge in [-0.05, 0) is 56.2 Å². The van der Waals surface area contributed by atoms with Gasteiger partial charge in [0.25, 0.3) is 5.91 Å². The number of sulfone groups is 1. The van der Waals surface area contributed by atoms with Gasteiger partial charge in [0.15, 0.2) is 14.6 Å². The number of aromatic nitrogens is 2. The van der Waals surface area contributed by atoms with Crippen LogP contribution in [0.15, 0.2) is 48.7 Å². The van der Waals surface area contributed by atoms with Crippen LogP contribution in [0.3, 0.4) is 0 Å². The van der Waals surface area contributed by atoms with Crippen molar-refractivity contribution >= 4 is 26.6 Å². The zero-order valence-corrected chi connectivity index (χ0v) is 18.8. The average Bonchev–Trinajstić information content (AvgIpc) is 3.17. The first-order valence-electron chi connectivity index (χ1n) is 9.95. The fourth-order valence-electron chi connectivity index (χ4n) is 3.17. The van der Waals surface area contributed by atoms with E-state index in [1.807, 2.05) is 42.5 Å². The number of hydrogen-bond acceptors (Lipinski definition) is 6. The average molecular weight is 456 g/mol. The molecule has 0 saturated carbocycles. The number of aryl methyl sites for hydroxylation is 1. The van der Waals surface area contributed by atoms with Gasteiger partial charge in [-0.2, -0.15) is 5.10 Å². The van der Waals surface area contributed by atoms with Crippen LogP contribution in [0.2, 0.25) is 0 Å². The number of hydrogen-bond donors (Lipinski definition) is 3. The molecule has 8 nitrogen and oxygen atoms in total. The van der Waals surface area contributed by atoms with Crippen molar-refractivity contribution in [1.82, 2.24) is 15.3 Å². The van der Waals surface area contributed by atoms with Crippen molar-refractivity contribution in [3.05, 3.63) is 65.4 Å². The van der Waals surface area contributed by atoms with Gasteiger partial charge in [-0.3, -0.25) is 14.7 Å². The molecule has 1 amide bonds. The molecule has 0 unspecified atom stereocenters. The zero-order valence-electron chi connectivity index (χ0n) is 18.0. The molecule has 2 aromatic carbocycles. The first-order chi connectivity index (χ1) is 15.0. The lowest BCUT2D eigenvalue weighted by atomic mass is 10.1. The number of aliphatic hydroxyl groups is 1. The van der Waals surface area contributed by atoms with Gasteiger partial charge in [0.2, 0.25) is 0 Å². The smallest absolute Gasteiger partial charge is 0.264 e. The van der Waals surface area contributed by atoms with Crippen LogP contribution in [-0.4, -0.2) is 45.4 Å². The van der Waals surface area contributed by atoms with Crippen LogP contribution in [-0.2, 0) is 21.2 Å². The Kier molecular flexibility index (Phi) is 6.69. The van der Waals surface area contributed by atoms with Crippen molar-refractivity contribution in [2.75, 3.05) is 6.26 Å². The van der Waals surface area contributed by atoms with E-state index >= 15 is 0 Å². The van der Waals surface area contributed by atoms with Crippen LogP contribution in [0.4, 0.5) is 0 Å². The number of aliphatic hydroxyl groups excluding tert-OH is 1. The van der Waals surface area contributed by atoms with Gasteiger partial charge in [-0.25, -0.2) is 13.9 Å². The van der Waals surface area contributed by atoms with E-state index in [9.17, 15) is 18.3 Å². The SMILES string of the molecule is C[C@@H](O)c1ccc(C#Cc2ccc3nn(CC[C@](C)(C(=O)NO)S(C)(=O)=O)cc3c2)cc1. The second-order valence-corrected chi connectivity index (χ2v) is 10.4. The van der Waals surface area contributed by atoms with Crippen LogP contribution in [0.1, 0.15) is 43.1 Å². The quantitative estimate of drug-likeness (QED) is 0.298. The van der Waals surface area contributed by atoms with E-state index in [1.54, 1.807) is 17.8 Å². The highest BCUT2D eigenvalue weighted by molar-refractivity contribution is 7.92. The van der Waals surface area contributed by atoms with Crippen LogP contribution in [0.5, 0.6) is 0 Å². The van der Waals surface area contributed by atoms with Gasteiger partial charge < -0.3 is 5.11 Å². The summed E-state index contributed by atoms with van der Waals surface area (Å²) in [6.07, 6.45) is 2.15. The lowest BCUT2D eigenvalue weighted by Crippen LogP contribution is -2.49. The topological polar surface area (TPSA) is 122 Å². The van der Waals surface area contributed by atoms with Gasteiger partial charge >= 0.3 is 0 Å². The number of fused-ring (bicyclic) bond motifs is 1. The third-order valence-corrected chi connectivity index (χ3v) is 7.54. The first kappa shape index (κ1) is 23.5. The van der Waals surface area contributed by atoms with Crippen LogP contribution in [0.25, 0.3) is 10.9 Å². The Morgan fingerprint density at radius 1 is 1.19 bits per heavy atom. The fourth-order valence-corrected chi connectivity index (χ4v) is 4.02. The number of rotatable bonds is 6. The Labute approximate surface area is 186 Å². The molecule has 32 heavy (non-hydrogen) atoms. The highest BCUT2D eigenvalue weighted by Gasteiger charge is 2.43. The summed E-state index contributed by atoms with van der Waals surface area (Å²) in [5.74, 6) is 5.21. The van der Waals surface area contributed by atoms with Crippen LogP contribution < -0.4 is 5.48 Å². The largest absolute Gasteiger partial charge is 0.389 e. The van der Waals surface area contributed by atoms with Crippen molar-refractivity contribution in [2.24, 2.45) is 0 Å². The summed E-state index contributed by atoms with van der Waals surface area (Å²) < 4.78 is 24.0. The number of nitrogens with one attached hydrogen (secondary N) is 1. The number of benzene rings is 2. The second-order valence-electron chi connectivity index (χ2n) is 7.91. The highest BCUT2D eigenvalue weighted by atomic mass is 32.2. The summed E-state index contributed by atoms with van der Waals surface area (Å²) in [5, 5.41) is 23.8. The third-order valence-electron chi connectivity index (χ3n) is 5.51. The molecule has 0 radical (unpaired) electrons. The first-order valence-corrected chi connectivity index (χ1v) is 11.8. The fraction of sp³-hybridized carbons (Fsp3) is 0.304. The Bertz CT molecular complexity index is 1300. The molecule has 9 heteroatoms. The van der Waals surface area contributed by atoms with Crippen molar-refractivity contribution < 1.29 is 23.5 Å². The normalized spacial score (nSPS) is 14.3. The molecule has 3 aromatic rings. The zero-order chi connectivity index (χ0) is 23.5. The lowest BCUT2D eigenvalue weighted by molar-refractivity contribution is -0.131. The van der Waals surface area contributed by atoms with Gasteiger partial charge in [-0.15, -0.1) is 0 Å². The van der Waals surface area contributed by atoms with E-state index in [2.05, 4.69) is 16.9 Å². The van der Waals surface area contributed by atoms with Gasteiger partial charge in [0, 0.05) is 35.5 Å². The number of amides is 1. The van der Waals surface area contributed by atoms with E-state index in [0.717, 1.165) is 28.3 Å². The molecule has 2 atom stereocenters. The summed E-state index contributed by atoms with van der Waals surface area (Å²) in [7, 11) is -3.77. The Morgan fingerprint density at radius 3 is 2.41 bits per heavy atom. The molecule has 3 N–H and O–H groups in total. The summed E-state index contributed by atoms with van der Waals surface area (Å²) in [5.41, 5.74) is 4.60. The van der Waals surface area contributed by atoms with E-state index in [0.29, 0.717) is 5.52 Å². The van der Waals surface area contributed by atoms with Crippen molar-refractivity contribution in [3.8, 4) is 11.8 Å². The summed E-state index contributed by atoms with van der Waals surface area (Å²) in [6.45, 7) is 3.15. The van der Waals surface area contributed by atoms with E-state index < -0.39 is 26.6 Å². The summed E-state index contributed by atoms with van der Waals surface area (Å²) in [6, 6.07) is 12.9. The monoisotopic (exact) mass is 455 g/mol. The minimum Gasteiger partial charge on any atom is -0.389 e. The Hall–Kier alpha value is -3.19. The predicted octanol–water partition coefficient (Wildman–Crippen LogP) is 2.19. The number of hydroxylamine groups is 1. The molecule has 1 aromatic heterocycles. The minimum atomic E-state index is -3.77. The number of carbonyl (C=O) groups is 1. The number of nitrogens with zero attached hydrogens (tertiary/aromatic N) is 2. The molecule has 0 aliphatic carbocycles. The summed E-state index contributed by atoms with van der Waals surface area (Å²) >= 11 is 0. The molecule has 0 aliphatic rings. The molecule has 0 bridgehead atoms. The molecule has 0 aliphatic heterocycles. The van der Waals surface area contributed by atoms with Crippen LogP contribution in [0, 0.1) is 11.8 Å². The van der Waals surface area contributed by atoms with Crippen molar-refractivity contribution in [1.29, 1.82) is 0 Å². The van der Waals surface area contributed by atoms with Crippen molar-refractivity contribution in [3.63, 3.8) is 0 Å². The lowest BCUT2D eigenvalue weighted by Gasteiger charge is -2.24. The van der Waals surface area contributed by atoms with Crippen molar-refractivity contribution in [2.45, 2.75) is 37.7 Å². The van der Waals surface area contributed by atoms with E-state index in [4.69, 9.17) is 5.21 Å². The molecule has 3 rings (SSSR count). The van der Waals surface area contributed by atoms with Crippen LogP contribution >= 0.6 is 0 Å². The molecular formula is C23H25N3O5S. The molecule has 0 saturated heterocycles. The maximum atomic E-state index is 12.1. The highest BCUT2D eigenvalue weighted by Crippen LogP contribution is 2.23. The molecule has 0 spiro atoms. The van der Waals surface area contributed by atoms with Gasteiger partial charge in [0.1, 0.15) is 0 Å². The second kappa shape index (κ2) is 9.12. The third kappa shape index (κ3) is 4.99. The standard InChI is InChI=1S/C23H25N3O5S/c1-16(27)19-9-6-17(7-10-19)4-5-18-8-11-21-20(14-18)15-26(24-21)13-12-23(2,22(28)25-29)32(3,30)31/h6-11,14-16,27,29H,12-13H2,1-3H3,(H,25,28)/t16-,23-/m1/s1. The maximum Gasteiger partial charge on any atom is 0.264 e. The summed E-state index contributed by atoms with van der Waals surface area (Å²) in [4.78, 5) is 12.0. The molecule has 1 heterocycles. The van der Waals surface area contributed by atoms with E-state index in [-0.39, 0.29) is 13.0 Å². The predicted molar refractivity (Wildman–Crippen MR) is 121 cm³/mol. The van der Waals surface area contributed by atoms with Gasteiger partial charge in [0.05, 0.1) is 11.6 Å². The molecular weight excluding hydrogens is 430 g/mol. The van der Waals surface area contributed by atoms with Gasteiger partial charge in [-0.1, -0.05) is 24.0 Å². The molecule has 0 fully saturated rings. The molecule has 168 valence electrons. The maximum absolute atomic E-state index is 12.1. The minimum absolute atomic E-state index is 0.0542. The van der Waals surface area contributed by atoms with E-state index in [1.165, 1.54) is 12.4 Å². The Morgan fingerprint density at radius 2 is 1.81 bits per heavy atom. The Balaban J connectivity index is 1.79.